The Bertz CT molecular complexity index is 365. The maximum Gasteiger partial charge on any atom is 0.276 e. The molecule has 0 saturated heterocycles. The van der Waals surface area contributed by atoms with Crippen LogP contribution >= 0.6 is 0 Å². The smallest absolute Gasteiger partial charge is 0.276 e. The van der Waals surface area contributed by atoms with Crippen LogP contribution in [0.2, 0.25) is 0 Å². The lowest BCUT2D eigenvalue weighted by Crippen LogP contribution is -2.14. The minimum absolute atomic E-state index is 0.112. The lowest BCUT2D eigenvalue weighted by Gasteiger charge is -2.05. The Hall–Kier alpha value is -2.25. The van der Waals surface area contributed by atoms with Crippen LogP contribution in [0.25, 0.3) is 0 Å². The van der Waals surface area contributed by atoms with Crippen LogP contribution in [0.1, 0.15) is 5.56 Å². The number of nitrogens with one attached hydrogen (secondary N) is 2. The summed E-state index contributed by atoms with van der Waals surface area (Å²) in [5, 5.41) is 19.5. The highest BCUT2D eigenvalue weighted by atomic mass is 16.6. The number of hydrogen-bond donors (Lipinski definition) is 3. The highest BCUT2D eigenvalue weighted by Gasteiger charge is 2.07. The Morgan fingerprint density at radius 1 is 1.71 bits per heavy atom. The van der Waals surface area contributed by atoms with E-state index in [4.69, 9.17) is 11.1 Å². The molecule has 0 aliphatic heterocycles. The van der Waals surface area contributed by atoms with E-state index in [1.807, 2.05) is 0 Å². The summed E-state index contributed by atoms with van der Waals surface area (Å²) in [5.74, 6) is 0.296. The zero-order valence-electron chi connectivity index (χ0n) is 7.10. The summed E-state index contributed by atoms with van der Waals surface area (Å²) in [6.07, 6.45) is 2.11. The second-order valence-electron chi connectivity index (χ2n) is 2.33. The molecule has 1 heterocycles. The summed E-state index contributed by atoms with van der Waals surface area (Å²) in [6, 6.07) is 0. The van der Waals surface area contributed by atoms with Crippen molar-refractivity contribution >= 4 is 17.9 Å². The van der Waals surface area contributed by atoms with Crippen LogP contribution in [0.3, 0.4) is 0 Å². The van der Waals surface area contributed by atoms with Gasteiger partial charge in [-0.25, -0.2) is 9.97 Å². The van der Waals surface area contributed by atoms with Gasteiger partial charge in [-0.1, -0.05) is 0 Å². The Labute approximate surface area is 78.8 Å². The van der Waals surface area contributed by atoms with Crippen molar-refractivity contribution in [3.63, 3.8) is 0 Å². The first-order valence-corrected chi connectivity index (χ1v) is 3.61. The average molecular weight is 196 g/mol. The summed E-state index contributed by atoms with van der Waals surface area (Å²) in [4.78, 5) is 16.9. The number of hydrogen-bond acceptors (Lipinski definition) is 7. The lowest BCUT2D eigenvalue weighted by molar-refractivity contribution is -0.473. The van der Waals surface area contributed by atoms with Crippen LogP contribution in [0.5, 0.6) is 0 Å². The Balaban J connectivity index is 2.90. The fraction of sp³-hybridized carbons (Fsp3) is 0.167. The third kappa shape index (κ3) is 2.12. The minimum atomic E-state index is -0.550. The van der Waals surface area contributed by atoms with Gasteiger partial charge in [0.2, 0.25) is 0 Å². The molecular formula is C6H8N6O2. The molecule has 1 aromatic rings. The van der Waals surface area contributed by atoms with E-state index in [0.29, 0.717) is 0 Å². The molecule has 74 valence electrons. The molecule has 0 spiro atoms. The number of aromatic nitrogens is 2. The maximum absolute atomic E-state index is 10.1. The van der Waals surface area contributed by atoms with E-state index in [1.54, 1.807) is 0 Å². The van der Waals surface area contributed by atoms with E-state index in [1.165, 1.54) is 6.33 Å². The highest BCUT2D eigenvalue weighted by Crippen LogP contribution is 2.13. The van der Waals surface area contributed by atoms with Crippen LogP contribution < -0.4 is 11.1 Å². The number of anilines is 2. The van der Waals surface area contributed by atoms with Gasteiger partial charge >= 0.3 is 0 Å². The van der Waals surface area contributed by atoms with Gasteiger partial charge in [-0.05, 0) is 0 Å². The second kappa shape index (κ2) is 4.12. The zero-order valence-corrected chi connectivity index (χ0v) is 7.10. The van der Waals surface area contributed by atoms with Crippen LogP contribution in [-0.4, -0.2) is 27.8 Å². The quantitative estimate of drug-likeness (QED) is 0.262. The first kappa shape index (κ1) is 9.84. The predicted molar refractivity (Wildman–Crippen MR) is 49.8 cm³/mol. The molecule has 1 rings (SSSR count). The Morgan fingerprint density at radius 3 is 3.00 bits per heavy atom. The summed E-state index contributed by atoms with van der Waals surface area (Å²) in [6.45, 7) is -0.475. The molecule has 8 nitrogen and oxygen atoms in total. The van der Waals surface area contributed by atoms with E-state index in [-0.39, 0.29) is 17.2 Å². The van der Waals surface area contributed by atoms with Crippen molar-refractivity contribution in [3.8, 4) is 0 Å². The van der Waals surface area contributed by atoms with Crippen LogP contribution in [0.4, 0.5) is 11.6 Å². The van der Waals surface area contributed by atoms with E-state index < -0.39 is 11.6 Å². The van der Waals surface area contributed by atoms with Crippen LogP contribution in [0, 0.1) is 15.5 Å². The largest absolute Gasteiger partial charge is 0.383 e. The van der Waals surface area contributed by atoms with Crippen molar-refractivity contribution in [3.05, 3.63) is 22.0 Å². The summed E-state index contributed by atoms with van der Waals surface area (Å²) >= 11 is 0. The molecule has 0 radical (unpaired) electrons. The van der Waals surface area contributed by atoms with E-state index >= 15 is 0 Å². The molecule has 4 N–H and O–H groups in total. The van der Waals surface area contributed by atoms with Crippen molar-refractivity contribution < 1.29 is 4.92 Å². The van der Waals surface area contributed by atoms with Gasteiger partial charge in [-0.15, -0.1) is 0 Å². The number of rotatable bonds is 4. The highest BCUT2D eigenvalue weighted by molar-refractivity contribution is 5.89. The van der Waals surface area contributed by atoms with Gasteiger partial charge in [0.25, 0.3) is 6.67 Å². The molecular weight excluding hydrogens is 188 g/mol. The molecule has 0 fully saturated rings. The van der Waals surface area contributed by atoms with E-state index in [9.17, 15) is 10.1 Å². The molecule has 0 atom stereocenters. The van der Waals surface area contributed by atoms with Crippen molar-refractivity contribution in [2.45, 2.75) is 0 Å². The molecule has 0 aromatic carbocycles. The van der Waals surface area contributed by atoms with Crippen molar-refractivity contribution in [1.82, 2.24) is 9.97 Å². The summed E-state index contributed by atoms with van der Waals surface area (Å²) < 4.78 is 0. The first-order chi connectivity index (χ1) is 6.65. The molecule has 0 aliphatic rings. The minimum Gasteiger partial charge on any atom is -0.383 e. The Kier molecular flexibility index (Phi) is 2.89. The monoisotopic (exact) mass is 196 g/mol. The van der Waals surface area contributed by atoms with Gasteiger partial charge in [-0.2, -0.15) is 0 Å². The van der Waals surface area contributed by atoms with Crippen LogP contribution in [-0.2, 0) is 0 Å². The molecule has 8 heteroatoms. The lowest BCUT2D eigenvalue weighted by atomic mass is 10.3. The molecule has 0 aliphatic carbocycles. The van der Waals surface area contributed by atoms with Gasteiger partial charge in [-0.3, -0.25) is 10.1 Å². The number of nitrogens with zero attached hydrogens (tertiary/aromatic N) is 3. The van der Waals surface area contributed by atoms with Crippen molar-refractivity contribution in [2.75, 3.05) is 17.7 Å². The molecule has 1 aromatic heterocycles. The second-order valence-corrected chi connectivity index (χ2v) is 2.33. The topological polar surface area (TPSA) is 131 Å². The summed E-state index contributed by atoms with van der Waals surface area (Å²) in [5.41, 5.74) is 5.67. The van der Waals surface area contributed by atoms with Gasteiger partial charge in [0.15, 0.2) is 0 Å². The fourth-order valence-corrected chi connectivity index (χ4v) is 0.832. The van der Waals surface area contributed by atoms with Crippen LogP contribution in [0.15, 0.2) is 6.33 Å². The third-order valence-corrected chi connectivity index (χ3v) is 1.43. The molecule has 0 saturated carbocycles. The van der Waals surface area contributed by atoms with Crippen molar-refractivity contribution in [1.29, 1.82) is 5.41 Å². The first-order valence-electron chi connectivity index (χ1n) is 3.61. The number of nitrogens with two attached hydrogens (primary N) is 1. The Morgan fingerprint density at radius 2 is 2.43 bits per heavy atom. The summed E-state index contributed by atoms with van der Waals surface area (Å²) in [7, 11) is 0. The average Bonchev–Trinajstić information content (AvgIpc) is 2.14. The zero-order chi connectivity index (χ0) is 10.6. The maximum atomic E-state index is 10.1. The van der Waals surface area contributed by atoms with Gasteiger partial charge < -0.3 is 16.5 Å². The van der Waals surface area contributed by atoms with Crippen molar-refractivity contribution in [2.24, 2.45) is 0 Å². The normalized spacial score (nSPS) is 9.43. The number of nitro groups is 1. The van der Waals surface area contributed by atoms with Gasteiger partial charge in [0.1, 0.15) is 18.0 Å². The molecule has 0 bridgehead atoms. The number of nitrogen functional groups attached to an aromatic ring is 1. The van der Waals surface area contributed by atoms with E-state index in [2.05, 4.69) is 15.3 Å². The SMILES string of the molecule is N=Cc1c(N)ncnc1NC[N+](=O)[O-]. The van der Waals surface area contributed by atoms with Gasteiger partial charge in [0, 0.05) is 11.1 Å². The fourth-order valence-electron chi connectivity index (χ4n) is 0.832. The molecule has 14 heavy (non-hydrogen) atoms. The standard InChI is InChI=1S/C6H8N6O2/c7-1-4-5(8)9-2-10-6(4)11-3-12(13)14/h1-2,7H,3H2,(H3,8,9,10,11). The molecule has 0 amide bonds. The molecule has 0 unspecified atom stereocenters. The van der Waals surface area contributed by atoms with Gasteiger partial charge in [0.05, 0.1) is 5.56 Å². The van der Waals surface area contributed by atoms with E-state index in [0.717, 1.165) is 6.21 Å². The predicted octanol–water partition coefficient (Wildman–Crippen LogP) is -0.297. The third-order valence-electron chi connectivity index (χ3n) is 1.43.